The Labute approximate surface area is 192 Å². The maximum absolute atomic E-state index is 11.9. The molecular formula is C28H27BrO2. The van der Waals surface area contributed by atoms with Crippen LogP contribution < -0.4 is 4.74 Å². The third kappa shape index (κ3) is 3.33. The summed E-state index contributed by atoms with van der Waals surface area (Å²) < 4.78 is 7.39. The van der Waals surface area contributed by atoms with Gasteiger partial charge in [-0.3, -0.25) is 4.79 Å². The van der Waals surface area contributed by atoms with Crippen molar-refractivity contribution in [2.24, 2.45) is 17.8 Å². The van der Waals surface area contributed by atoms with Crippen molar-refractivity contribution < 1.29 is 9.53 Å². The summed E-state index contributed by atoms with van der Waals surface area (Å²) in [6.07, 6.45) is 9.05. The van der Waals surface area contributed by atoms with E-state index in [9.17, 15) is 4.79 Å². The number of carbonyl (C=O) groups excluding carboxylic acids is 1. The van der Waals surface area contributed by atoms with Crippen LogP contribution >= 0.6 is 15.9 Å². The van der Waals surface area contributed by atoms with E-state index in [1.807, 2.05) is 12.1 Å². The number of hydrogen-bond acceptors (Lipinski definition) is 2. The van der Waals surface area contributed by atoms with Crippen molar-refractivity contribution in [2.75, 3.05) is 0 Å². The SMILES string of the molecule is O=Cc1c(Br)ccc2cc(OCc3ccccc3)c(C34CC5CC(CC(C5)C3)C4)cc12. The standard InChI is InChI=1S/C28H27BrO2/c29-26-7-6-22-11-27(31-17-18-4-2-1-3-5-18)25(12-23(22)24(26)16-30)28-13-19-8-20(14-28)10-21(9-19)15-28/h1-7,11-12,16,19-21H,8-10,13-15,17H2. The topological polar surface area (TPSA) is 26.3 Å². The van der Waals surface area contributed by atoms with Gasteiger partial charge in [0, 0.05) is 15.6 Å². The minimum absolute atomic E-state index is 0.206. The molecule has 3 heteroatoms. The Hall–Kier alpha value is -2.13. The molecule has 4 aliphatic carbocycles. The fourth-order valence-corrected chi connectivity index (χ4v) is 7.62. The Bertz CT molecular complexity index is 1120. The number of carbonyl (C=O) groups is 1. The van der Waals surface area contributed by atoms with Gasteiger partial charge < -0.3 is 4.74 Å². The van der Waals surface area contributed by atoms with Crippen LogP contribution in [-0.2, 0) is 12.0 Å². The molecule has 0 aromatic heterocycles. The number of ether oxygens (including phenoxy) is 1. The summed E-state index contributed by atoms with van der Waals surface area (Å²) in [6, 6.07) is 18.9. The van der Waals surface area contributed by atoms with Crippen LogP contribution in [-0.4, -0.2) is 6.29 Å². The van der Waals surface area contributed by atoms with Gasteiger partial charge in [-0.1, -0.05) is 52.3 Å². The highest BCUT2D eigenvalue weighted by molar-refractivity contribution is 9.10. The van der Waals surface area contributed by atoms with Crippen molar-refractivity contribution in [1.82, 2.24) is 0 Å². The zero-order valence-electron chi connectivity index (χ0n) is 17.6. The Morgan fingerprint density at radius 1 is 0.935 bits per heavy atom. The molecule has 0 unspecified atom stereocenters. The first kappa shape index (κ1) is 19.5. The normalized spacial score (nSPS) is 28.7. The molecule has 4 bridgehead atoms. The van der Waals surface area contributed by atoms with E-state index in [4.69, 9.17) is 4.74 Å². The quantitative estimate of drug-likeness (QED) is 0.358. The maximum Gasteiger partial charge on any atom is 0.151 e. The zero-order valence-corrected chi connectivity index (χ0v) is 19.2. The zero-order chi connectivity index (χ0) is 21.0. The van der Waals surface area contributed by atoms with Crippen LogP contribution in [0.3, 0.4) is 0 Å². The van der Waals surface area contributed by atoms with Crippen LogP contribution in [0.2, 0.25) is 0 Å². The molecule has 4 saturated carbocycles. The van der Waals surface area contributed by atoms with Gasteiger partial charge in [0.15, 0.2) is 6.29 Å². The molecule has 3 aromatic rings. The van der Waals surface area contributed by atoms with Crippen molar-refractivity contribution in [3.63, 3.8) is 0 Å². The van der Waals surface area contributed by atoms with E-state index in [1.54, 1.807) is 0 Å². The van der Waals surface area contributed by atoms with E-state index in [0.717, 1.165) is 50.6 Å². The molecule has 0 amide bonds. The van der Waals surface area contributed by atoms with Gasteiger partial charge in [0.1, 0.15) is 12.4 Å². The average molecular weight is 475 g/mol. The number of benzene rings is 3. The molecule has 2 nitrogen and oxygen atoms in total. The fraction of sp³-hybridized carbons (Fsp3) is 0.393. The number of hydrogen-bond donors (Lipinski definition) is 0. The monoisotopic (exact) mass is 474 g/mol. The lowest BCUT2D eigenvalue weighted by atomic mass is 9.48. The van der Waals surface area contributed by atoms with E-state index < -0.39 is 0 Å². The average Bonchev–Trinajstić information content (AvgIpc) is 2.77. The smallest absolute Gasteiger partial charge is 0.151 e. The summed E-state index contributed by atoms with van der Waals surface area (Å²) in [6.45, 7) is 0.572. The highest BCUT2D eigenvalue weighted by Gasteiger charge is 2.52. The lowest BCUT2D eigenvalue weighted by Gasteiger charge is -2.57. The third-order valence-corrected chi connectivity index (χ3v) is 8.76. The van der Waals surface area contributed by atoms with E-state index >= 15 is 0 Å². The second-order valence-electron chi connectivity index (χ2n) is 10.1. The fourth-order valence-electron chi connectivity index (χ4n) is 7.18. The molecule has 4 aliphatic rings. The van der Waals surface area contributed by atoms with Crippen molar-refractivity contribution in [3.05, 3.63) is 75.8 Å². The molecule has 0 aliphatic heterocycles. The summed E-state index contributed by atoms with van der Waals surface area (Å²) in [5, 5.41) is 2.11. The minimum atomic E-state index is 0.206. The summed E-state index contributed by atoms with van der Waals surface area (Å²) in [7, 11) is 0. The molecule has 7 rings (SSSR count). The lowest BCUT2D eigenvalue weighted by molar-refractivity contribution is -0.00640. The number of aldehydes is 1. The van der Waals surface area contributed by atoms with Crippen LogP contribution in [0.15, 0.2) is 59.1 Å². The Balaban J connectivity index is 1.49. The molecule has 3 aromatic carbocycles. The Morgan fingerprint density at radius 3 is 2.26 bits per heavy atom. The van der Waals surface area contributed by atoms with Crippen LogP contribution in [0.1, 0.15) is 60.0 Å². The lowest BCUT2D eigenvalue weighted by Crippen LogP contribution is -2.48. The largest absolute Gasteiger partial charge is 0.489 e. The first-order valence-electron chi connectivity index (χ1n) is 11.5. The van der Waals surface area contributed by atoms with E-state index in [0.29, 0.717) is 6.61 Å². The van der Waals surface area contributed by atoms with Crippen molar-refractivity contribution in [3.8, 4) is 5.75 Å². The van der Waals surface area contributed by atoms with Gasteiger partial charge in [0.25, 0.3) is 0 Å². The van der Waals surface area contributed by atoms with Crippen LogP contribution in [0.25, 0.3) is 10.8 Å². The van der Waals surface area contributed by atoms with Gasteiger partial charge in [-0.05, 0) is 96.2 Å². The summed E-state index contributed by atoms with van der Waals surface area (Å²) in [5.74, 6) is 3.59. The van der Waals surface area contributed by atoms with E-state index in [2.05, 4.69) is 58.4 Å². The van der Waals surface area contributed by atoms with Crippen LogP contribution in [0.5, 0.6) is 5.75 Å². The van der Waals surface area contributed by atoms with E-state index in [1.165, 1.54) is 49.7 Å². The first-order valence-corrected chi connectivity index (χ1v) is 12.3. The summed E-state index contributed by atoms with van der Waals surface area (Å²) in [4.78, 5) is 11.9. The predicted octanol–water partition coefficient (Wildman–Crippen LogP) is 7.46. The molecule has 0 heterocycles. The van der Waals surface area contributed by atoms with Crippen molar-refractivity contribution >= 4 is 33.0 Å². The van der Waals surface area contributed by atoms with Gasteiger partial charge in [0.2, 0.25) is 0 Å². The highest BCUT2D eigenvalue weighted by Crippen LogP contribution is 2.62. The Morgan fingerprint density at radius 2 is 1.61 bits per heavy atom. The molecule has 4 fully saturated rings. The third-order valence-electron chi connectivity index (χ3n) is 8.07. The molecule has 158 valence electrons. The second kappa shape index (κ2) is 7.48. The van der Waals surface area contributed by atoms with Crippen LogP contribution in [0, 0.1) is 17.8 Å². The summed E-state index contributed by atoms with van der Waals surface area (Å²) >= 11 is 3.58. The van der Waals surface area contributed by atoms with Gasteiger partial charge in [-0.2, -0.15) is 0 Å². The van der Waals surface area contributed by atoms with Gasteiger partial charge >= 0.3 is 0 Å². The Kier molecular flexibility index (Phi) is 4.72. The molecular weight excluding hydrogens is 448 g/mol. The number of rotatable bonds is 5. The van der Waals surface area contributed by atoms with Crippen molar-refractivity contribution in [1.29, 1.82) is 0 Å². The molecule has 31 heavy (non-hydrogen) atoms. The van der Waals surface area contributed by atoms with Gasteiger partial charge in [-0.25, -0.2) is 0 Å². The van der Waals surface area contributed by atoms with Gasteiger partial charge in [-0.15, -0.1) is 0 Å². The van der Waals surface area contributed by atoms with Gasteiger partial charge in [0.05, 0.1) is 0 Å². The van der Waals surface area contributed by atoms with Crippen molar-refractivity contribution in [2.45, 2.75) is 50.5 Å². The first-order chi connectivity index (χ1) is 15.1. The second-order valence-corrected chi connectivity index (χ2v) is 11.0. The maximum atomic E-state index is 11.9. The van der Waals surface area contributed by atoms with Crippen LogP contribution in [0.4, 0.5) is 0 Å². The minimum Gasteiger partial charge on any atom is -0.489 e. The number of halogens is 1. The molecule has 0 radical (unpaired) electrons. The molecule has 0 atom stereocenters. The molecule has 0 spiro atoms. The van der Waals surface area contributed by atoms with E-state index in [-0.39, 0.29) is 5.41 Å². The summed E-state index contributed by atoms with van der Waals surface area (Å²) in [5.41, 5.74) is 3.48. The predicted molar refractivity (Wildman–Crippen MR) is 128 cm³/mol. The highest BCUT2D eigenvalue weighted by atomic mass is 79.9. The number of fused-ring (bicyclic) bond motifs is 1. The molecule has 0 saturated heterocycles. The molecule has 0 N–H and O–H groups in total.